The SMILES string of the molecule is Cc1cc(C)n(CC(=O)N2CCCC(Cc3nccnc3N)C2)n1. The van der Waals surface area contributed by atoms with Crippen molar-refractivity contribution in [2.75, 3.05) is 18.8 Å². The molecule has 3 rings (SSSR count). The minimum atomic E-state index is 0.123. The van der Waals surface area contributed by atoms with Crippen molar-refractivity contribution >= 4 is 11.7 Å². The Morgan fingerprint density at radius 1 is 1.33 bits per heavy atom. The summed E-state index contributed by atoms with van der Waals surface area (Å²) in [5, 5.41) is 4.38. The average molecular weight is 328 g/mol. The first-order valence-electron chi connectivity index (χ1n) is 8.37. The Labute approximate surface area is 141 Å². The van der Waals surface area contributed by atoms with E-state index in [0.29, 0.717) is 18.3 Å². The molecule has 7 nitrogen and oxygen atoms in total. The van der Waals surface area contributed by atoms with Gasteiger partial charge in [-0.25, -0.2) is 4.98 Å². The molecule has 0 bridgehead atoms. The fourth-order valence-electron chi connectivity index (χ4n) is 3.33. The zero-order chi connectivity index (χ0) is 17.1. The summed E-state index contributed by atoms with van der Waals surface area (Å²) in [4.78, 5) is 23.0. The van der Waals surface area contributed by atoms with E-state index in [4.69, 9.17) is 5.73 Å². The van der Waals surface area contributed by atoms with Crippen molar-refractivity contribution in [3.63, 3.8) is 0 Å². The van der Waals surface area contributed by atoms with E-state index in [1.165, 1.54) is 0 Å². The van der Waals surface area contributed by atoms with Gasteiger partial charge >= 0.3 is 0 Å². The second-order valence-corrected chi connectivity index (χ2v) is 6.53. The van der Waals surface area contributed by atoms with Crippen LogP contribution in [0.1, 0.15) is 29.9 Å². The lowest BCUT2D eigenvalue weighted by Crippen LogP contribution is -2.42. The number of nitrogens with zero attached hydrogens (tertiary/aromatic N) is 5. The predicted molar refractivity (Wildman–Crippen MR) is 91.2 cm³/mol. The second kappa shape index (κ2) is 6.98. The van der Waals surface area contributed by atoms with E-state index < -0.39 is 0 Å². The predicted octanol–water partition coefficient (Wildman–Crippen LogP) is 1.35. The number of anilines is 1. The quantitative estimate of drug-likeness (QED) is 0.915. The number of nitrogens with two attached hydrogens (primary N) is 1. The maximum atomic E-state index is 12.6. The number of aromatic nitrogens is 4. The van der Waals surface area contributed by atoms with Gasteiger partial charge in [-0.1, -0.05) is 0 Å². The summed E-state index contributed by atoms with van der Waals surface area (Å²) in [5.74, 6) is 0.990. The summed E-state index contributed by atoms with van der Waals surface area (Å²) >= 11 is 0. The molecule has 1 aliphatic rings. The van der Waals surface area contributed by atoms with Gasteiger partial charge in [-0.15, -0.1) is 0 Å². The van der Waals surface area contributed by atoms with Crippen LogP contribution in [0.4, 0.5) is 5.82 Å². The summed E-state index contributed by atoms with van der Waals surface area (Å²) < 4.78 is 1.78. The van der Waals surface area contributed by atoms with Gasteiger partial charge < -0.3 is 10.6 Å². The highest BCUT2D eigenvalue weighted by atomic mass is 16.2. The first-order chi connectivity index (χ1) is 11.5. The lowest BCUT2D eigenvalue weighted by molar-refractivity contribution is -0.133. The Bertz CT molecular complexity index is 726. The molecule has 0 aliphatic carbocycles. The normalized spacial score (nSPS) is 17.9. The molecule has 3 heterocycles. The Hall–Kier alpha value is -2.44. The van der Waals surface area contributed by atoms with Crippen LogP contribution < -0.4 is 5.73 Å². The van der Waals surface area contributed by atoms with Crippen LogP contribution in [0.2, 0.25) is 0 Å². The Kier molecular flexibility index (Phi) is 4.78. The molecule has 24 heavy (non-hydrogen) atoms. The number of rotatable bonds is 4. The molecule has 7 heteroatoms. The van der Waals surface area contributed by atoms with Gasteiger partial charge in [-0.2, -0.15) is 5.10 Å². The fourth-order valence-corrected chi connectivity index (χ4v) is 3.33. The second-order valence-electron chi connectivity index (χ2n) is 6.53. The summed E-state index contributed by atoms with van der Waals surface area (Å²) in [6, 6.07) is 1.99. The minimum absolute atomic E-state index is 0.123. The molecular formula is C17H24N6O. The van der Waals surface area contributed by atoms with Crippen LogP contribution >= 0.6 is 0 Å². The van der Waals surface area contributed by atoms with Gasteiger partial charge in [-0.05, 0) is 45.1 Å². The first-order valence-corrected chi connectivity index (χ1v) is 8.37. The van der Waals surface area contributed by atoms with Crippen LogP contribution in [0.3, 0.4) is 0 Å². The van der Waals surface area contributed by atoms with Gasteiger partial charge in [-0.3, -0.25) is 14.5 Å². The number of carbonyl (C=O) groups excluding carboxylic acids is 1. The van der Waals surface area contributed by atoms with Crippen molar-refractivity contribution in [3.05, 3.63) is 35.5 Å². The zero-order valence-electron chi connectivity index (χ0n) is 14.3. The molecule has 0 aromatic carbocycles. The van der Waals surface area contributed by atoms with Crippen LogP contribution in [0.15, 0.2) is 18.5 Å². The number of hydrogen-bond donors (Lipinski definition) is 1. The summed E-state index contributed by atoms with van der Waals surface area (Å²) in [6.07, 6.45) is 6.13. The van der Waals surface area contributed by atoms with Crippen molar-refractivity contribution in [1.29, 1.82) is 0 Å². The third kappa shape index (κ3) is 3.72. The van der Waals surface area contributed by atoms with Gasteiger partial charge in [0, 0.05) is 31.2 Å². The molecule has 128 valence electrons. The van der Waals surface area contributed by atoms with Gasteiger partial charge in [0.1, 0.15) is 12.4 Å². The molecule has 1 atom stereocenters. The summed E-state index contributed by atoms with van der Waals surface area (Å²) in [5.41, 5.74) is 8.67. The first kappa shape index (κ1) is 16.4. The third-order valence-electron chi connectivity index (χ3n) is 4.55. The van der Waals surface area contributed by atoms with Crippen molar-refractivity contribution < 1.29 is 4.79 Å². The molecule has 2 aromatic rings. The van der Waals surface area contributed by atoms with E-state index in [1.807, 2.05) is 24.8 Å². The lowest BCUT2D eigenvalue weighted by atomic mass is 9.93. The van der Waals surface area contributed by atoms with Crippen molar-refractivity contribution in [2.24, 2.45) is 5.92 Å². The molecule has 1 aliphatic heterocycles. The number of nitrogen functional groups attached to an aromatic ring is 1. The zero-order valence-corrected chi connectivity index (χ0v) is 14.3. The summed E-state index contributed by atoms with van der Waals surface area (Å²) in [6.45, 7) is 5.78. The average Bonchev–Trinajstić information content (AvgIpc) is 2.87. The van der Waals surface area contributed by atoms with Gasteiger partial charge in [0.15, 0.2) is 0 Å². The maximum Gasteiger partial charge on any atom is 0.244 e. The van der Waals surface area contributed by atoms with E-state index in [-0.39, 0.29) is 5.91 Å². The van der Waals surface area contributed by atoms with E-state index >= 15 is 0 Å². The number of aryl methyl sites for hydroxylation is 2. The van der Waals surface area contributed by atoms with E-state index in [1.54, 1.807) is 17.1 Å². The number of hydrogen-bond acceptors (Lipinski definition) is 5. The molecule has 1 fully saturated rings. The molecule has 2 aromatic heterocycles. The van der Waals surface area contributed by atoms with E-state index in [0.717, 1.165) is 49.4 Å². The van der Waals surface area contributed by atoms with Crippen LogP contribution in [-0.2, 0) is 17.8 Å². The standard InChI is InChI=1S/C17H24N6O/c1-12-8-13(2)23(21-12)11-16(24)22-7-3-4-14(10-22)9-15-17(18)20-6-5-19-15/h5-6,8,14H,3-4,7,9-11H2,1-2H3,(H2,18,20). The number of likely N-dealkylation sites (tertiary alicyclic amines) is 1. The molecule has 1 amide bonds. The molecule has 1 unspecified atom stereocenters. The van der Waals surface area contributed by atoms with Crippen LogP contribution in [-0.4, -0.2) is 43.6 Å². The van der Waals surface area contributed by atoms with E-state index in [2.05, 4.69) is 15.1 Å². The van der Waals surface area contributed by atoms with Crippen LogP contribution in [0, 0.1) is 19.8 Å². The Balaban J connectivity index is 1.61. The highest BCUT2D eigenvalue weighted by molar-refractivity contribution is 5.76. The highest BCUT2D eigenvalue weighted by Gasteiger charge is 2.25. The Morgan fingerprint density at radius 2 is 2.12 bits per heavy atom. The minimum Gasteiger partial charge on any atom is -0.382 e. The number of amides is 1. The van der Waals surface area contributed by atoms with Gasteiger partial charge in [0.2, 0.25) is 5.91 Å². The van der Waals surface area contributed by atoms with Gasteiger partial charge in [0.25, 0.3) is 0 Å². The third-order valence-corrected chi connectivity index (χ3v) is 4.55. The monoisotopic (exact) mass is 328 g/mol. The molecule has 0 saturated carbocycles. The smallest absolute Gasteiger partial charge is 0.244 e. The van der Waals surface area contributed by atoms with E-state index in [9.17, 15) is 4.79 Å². The van der Waals surface area contributed by atoms with Crippen molar-refractivity contribution in [3.8, 4) is 0 Å². The van der Waals surface area contributed by atoms with Crippen molar-refractivity contribution in [2.45, 2.75) is 39.7 Å². The molecule has 0 radical (unpaired) electrons. The number of carbonyl (C=O) groups is 1. The Morgan fingerprint density at radius 3 is 2.83 bits per heavy atom. The highest BCUT2D eigenvalue weighted by Crippen LogP contribution is 2.22. The lowest BCUT2D eigenvalue weighted by Gasteiger charge is -2.33. The van der Waals surface area contributed by atoms with Crippen molar-refractivity contribution in [1.82, 2.24) is 24.6 Å². The number of piperidine rings is 1. The largest absolute Gasteiger partial charge is 0.382 e. The van der Waals surface area contributed by atoms with Crippen LogP contribution in [0.25, 0.3) is 0 Å². The molecule has 1 saturated heterocycles. The maximum absolute atomic E-state index is 12.6. The molecule has 0 spiro atoms. The summed E-state index contributed by atoms with van der Waals surface area (Å²) in [7, 11) is 0. The molecule has 2 N–H and O–H groups in total. The topological polar surface area (TPSA) is 89.9 Å². The fraction of sp³-hybridized carbons (Fsp3) is 0.529. The molecular weight excluding hydrogens is 304 g/mol. The van der Waals surface area contributed by atoms with Crippen LogP contribution in [0.5, 0.6) is 0 Å². The van der Waals surface area contributed by atoms with Gasteiger partial charge in [0.05, 0.1) is 11.4 Å².